The maximum absolute atomic E-state index is 11.0. The second kappa shape index (κ2) is 11.6. The Morgan fingerprint density at radius 3 is 2.32 bits per heavy atom. The maximum Gasteiger partial charge on any atom is 0.187 e. The van der Waals surface area contributed by atoms with Gasteiger partial charge in [-0.25, -0.2) is 0 Å². The first-order valence-electron chi connectivity index (χ1n) is 13.5. The zero-order valence-electron chi connectivity index (χ0n) is 21.5. The van der Waals surface area contributed by atoms with Crippen LogP contribution in [-0.2, 0) is 33.2 Å². The largest absolute Gasteiger partial charge is 0.394 e. The normalized spacial score (nSPS) is 50.5. The van der Waals surface area contributed by atoms with Crippen LogP contribution in [0.2, 0.25) is 0 Å². The molecule has 1 saturated carbocycles. The van der Waals surface area contributed by atoms with Crippen molar-refractivity contribution in [3.63, 3.8) is 0 Å². The third kappa shape index (κ3) is 5.59. The summed E-state index contributed by atoms with van der Waals surface area (Å²) in [6, 6.07) is 0. The van der Waals surface area contributed by atoms with Crippen LogP contribution in [0.15, 0.2) is 0 Å². The molecule has 5 fully saturated rings. The molecular weight excluding hydrogens is 492 g/mol. The summed E-state index contributed by atoms with van der Waals surface area (Å²) in [6.07, 6.45) is -7.48. The number of aliphatic hydroxyl groups excluding tert-OH is 5. The molecule has 4 heterocycles. The molecule has 0 radical (unpaired) electrons. The summed E-state index contributed by atoms with van der Waals surface area (Å²) in [5.74, 6) is 0.0392. The predicted octanol–water partition coefficient (Wildman–Crippen LogP) is -1.18. The standard InChI is InChI=1S/C25H42O12/c1-12-5-3-6-14(20(12)36-23-19(30)18(29)16(27)13(2)33-23)34-24-22-21(17(28)15(9-26)35-24)37-25(10-31-11-25)7-4-8-32-22/h12-24,26-30H,3-11H2,1-2H3/t12?,13?,14-,15?,16-,17+,18?,19+,20?,21?,22?,23+,24-/m1/s1. The highest BCUT2D eigenvalue weighted by Gasteiger charge is 2.54. The highest BCUT2D eigenvalue weighted by Crippen LogP contribution is 2.39. The van der Waals surface area contributed by atoms with E-state index in [1.807, 2.05) is 6.92 Å². The maximum atomic E-state index is 11.0. The lowest BCUT2D eigenvalue weighted by molar-refractivity contribution is -0.370. The Balaban J connectivity index is 1.33. The quantitative estimate of drug-likeness (QED) is 0.287. The number of ether oxygens (including phenoxy) is 7. The van der Waals surface area contributed by atoms with Crippen molar-refractivity contribution >= 4 is 0 Å². The van der Waals surface area contributed by atoms with Gasteiger partial charge in [0, 0.05) is 6.61 Å². The van der Waals surface area contributed by atoms with Crippen molar-refractivity contribution in [2.45, 2.75) is 125 Å². The monoisotopic (exact) mass is 534 g/mol. The lowest BCUT2D eigenvalue weighted by atomic mass is 9.85. The summed E-state index contributed by atoms with van der Waals surface area (Å²) in [5.41, 5.74) is -0.489. The Labute approximate surface area is 216 Å². The van der Waals surface area contributed by atoms with Crippen LogP contribution < -0.4 is 0 Å². The molecule has 5 rings (SSSR count). The molecule has 1 aliphatic carbocycles. The Kier molecular flexibility index (Phi) is 8.77. The van der Waals surface area contributed by atoms with Crippen LogP contribution in [0.5, 0.6) is 0 Å². The van der Waals surface area contributed by atoms with E-state index < -0.39 is 85.8 Å². The topological polar surface area (TPSA) is 166 Å². The van der Waals surface area contributed by atoms with Crippen LogP contribution in [-0.4, -0.2) is 131 Å². The minimum atomic E-state index is -1.42. The van der Waals surface area contributed by atoms with Gasteiger partial charge in [0.2, 0.25) is 0 Å². The fraction of sp³-hybridized carbons (Fsp3) is 1.00. The van der Waals surface area contributed by atoms with Gasteiger partial charge < -0.3 is 58.7 Å². The fourth-order valence-electron chi connectivity index (χ4n) is 6.12. The van der Waals surface area contributed by atoms with Crippen LogP contribution in [0.25, 0.3) is 0 Å². The van der Waals surface area contributed by atoms with Crippen molar-refractivity contribution in [1.82, 2.24) is 0 Å². The van der Waals surface area contributed by atoms with E-state index in [4.69, 9.17) is 33.2 Å². The van der Waals surface area contributed by atoms with E-state index in [1.54, 1.807) is 6.92 Å². The number of hydrogen-bond donors (Lipinski definition) is 5. The molecule has 5 aliphatic rings. The smallest absolute Gasteiger partial charge is 0.187 e. The Morgan fingerprint density at radius 2 is 1.62 bits per heavy atom. The first kappa shape index (κ1) is 28.1. The first-order valence-corrected chi connectivity index (χ1v) is 13.5. The second-order valence-electron chi connectivity index (χ2n) is 11.3. The molecule has 0 aromatic rings. The van der Waals surface area contributed by atoms with E-state index in [0.717, 1.165) is 25.7 Å². The fourth-order valence-corrected chi connectivity index (χ4v) is 6.12. The second-order valence-corrected chi connectivity index (χ2v) is 11.3. The van der Waals surface area contributed by atoms with Crippen LogP contribution in [0, 0.1) is 5.92 Å². The molecule has 0 aromatic heterocycles. The van der Waals surface area contributed by atoms with Crippen molar-refractivity contribution in [1.29, 1.82) is 0 Å². The Hall–Kier alpha value is -0.480. The zero-order chi connectivity index (χ0) is 26.3. The summed E-state index contributed by atoms with van der Waals surface area (Å²) < 4.78 is 42.3. The van der Waals surface area contributed by atoms with Gasteiger partial charge in [0.1, 0.15) is 48.3 Å². The van der Waals surface area contributed by atoms with Gasteiger partial charge in [0.05, 0.1) is 38.1 Å². The van der Waals surface area contributed by atoms with Gasteiger partial charge in [0.15, 0.2) is 12.6 Å². The molecule has 214 valence electrons. The SMILES string of the molecule is CC1CCC[C@@H](O[C@@H]2OC(CO)[C@H](O)C3OC4(CCCOC32)COC4)C1O[C@@H]1OC(C)[C@@H](O)C(O)[C@@H]1O. The molecule has 13 atom stereocenters. The average molecular weight is 535 g/mol. The Bertz CT molecular complexity index is 751. The molecule has 0 bridgehead atoms. The van der Waals surface area contributed by atoms with Crippen molar-refractivity contribution in [3.8, 4) is 0 Å². The van der Waals surface area contributed by atoms with Gasteiger partial charge in [-0.3, -0.25) is 0 Å². The highest BCUT2D eigenvalue weighted by atomic mass is 16.7. The lowest BCUT2D eigenvalue weighted by Gasteiger charge is -2.52. The van der Waals surface area contributed by atoms with Gasteiger partial charge in [-0.15, -0.1) is 0 Å². The minimum absolute atomic E-state index is 0.0392. The van der Waals surface area contributed by atoms with Crippen LogP contribution in [0.1, 0.15) is 46.0 Å². The van der Waals surface area contributed by atoms with E-state index >= 15 is 0 Å². The highest BCUT2D eigenvalue weighted by molar-refractivity contribution is 4.99. The van der Waals surface area contributed by atoms with E-state index in [0.29, 0.717) is 26.2 Å². The average Bonchev–Trinajstić information content (AvgIpc) is 2.84. The van der Waals surface area contributed by atoms with E-state index in [9.17, 15) is 25.5 Å². The summed E-state index contributed by atoms with van der Waals surface area (Å²) in [7, 11) is 0. The minimum Gasteiger partial charge on any atom is -0.394 e. The number of fused-ring (bicyclic) bond motifs is 1. The third-order valence-corrected chi connectivity index (χ3v) is 8.49. The van der Waals surface area contributed by atoms with E-state index in [-0.39, 0.29) is 5.92 Å². The van der Waals surface area contributed by atoms with Crippen LogP contribution in [0.3, 0.4) is 0 Å². The molecule has 12 heteroatoms. The van der Waals surface area contributed by atoms with E-state index in [1.165, 1.54) is 0 Å². The molecule has 7 unspecified atom stereocenters. The van der Waals surface area contributed by atoms with Crippen molar-refractivity contribution in [2.75, 3.05) is 26.4 Å². The van der Waals surface area contributed by atoms with Crippen molar-refractivity contribution in [3.05, 3.63) is 0 Å². The molecule has 0 aromatic carbocycles. The van der Waals surface area contributed by atoms with Crippen molar-refractivity contribution in [2.24, 2.45) is 5.92 Å². The summed E-state index contributed by atoms with van der Waals surface area (Å²) in [4.78, 5) is 0. The van der Waals surface area contributed by atoms with Gasteiger partial charge in [0.25, 0.3) is 0 Å². The molecule has 37 heavy (non-hydrogen) atoms. The summed E-state index contributed by atoms with van der Waals surface area (Å²) in [6.45, 7) is 4.53. The predicted molar refractivity (Wildman–Crippen MR) is 124 cm³/mol. The first-order chi connectivity index (χ1) is 17.7. The van der Waals surface area contributed by atoms with Gasteiger partial charge in [-0.05, 0) is 38.5 Å². The number of aliphatic hydroxyl groups is 5. The molecule has 4 aliphatic heterocycles. The number of hydrogen-bond acceptors (Lipinski definition) is 12. The van der Waals surface area contributed by atoms with Gasteiger partial charge in [-0.2, -0.15) is 0 Å². The molecule has 5 N–H and O–H groups in total. The lowest BCUT2D eigenvalue weighted by Crippen LogP contribution is -2.67. The molecule has 12 nitrogen and oxygen atoms in total. The molecular formula is C25H42O12. The van der Waals surface area contributed by atoms with Gasteiger partial charge >= 0.3 is 0 Å². The van der Waals surface area contributed by atoms with Crippen LogP contribution >= 0.6 is 0 Å². The third-order valence-electron chi connectivity index (χ3n) is 8.49. The summed E-state index contributed by atoms with van der Waals surface area (Å²) >= 11 is 0. The van der Waals surface area contributed by atoms with E-state index in [2.05, 4.69) is 0 Å². The Morgan fingerprint density at radius 1 is 0.838 bits per heavy atom. The zero-order valence-corrected chi connectivity index (χ0v) is 21.5. The number of rotatable bonds is 5. The van der Waals surface area contributed by atoms with Crippen LogP contribution in [0.4, 0.5) is 0 Å². The van der Waals surface area contributed by atoms with Crippen molar-refractivity contribution < 1.29 is 58.7 Å². The molecule has 1 spiro atoms. The molecule has 4 saturated heterocycles. The molecule has 0 amide bonds. The summed E-state index contributed by atoms with van der Waals surface area (Å²) in [5, 5.41) is 51.7. The van der Waals surface area contributed by atoms with Gasteiger partial charge in [-0.1, -0.05) is 13.3 Å².